The lowest BCUT2D eigenvalue weighted by Gasteiger charge is -2.17. The van der Waals surface area contributed by atoms with Crippen LogP contribution in [0.5, 0.6) is 5.88 Å². The Balaban J connectivity index is 1.61. The fourth-order valence-electron chi connectivity index (χ4n) is 2.36. The van der Waals surface area contributed by atoms with Gasteiger partial charge in [-0.2, -0.15) is 16.3 Å². The maximum absolute atomic E-state index is 12.3. The highest BCUT2D eigenvalue weighted by molar-refractivity contribution is 7.08. The lowest BCUT2D eigenvalue weighted by molar-refractivity contribution is 0.0771. The zero-order chi connectivity index (χ0) is 15.5. The molecule has 0 N–H and O–H groups in total. The van der Waals surface area contributed by atoms with Crippen LogP contribution in [0.1, 0.15) is 16.8 Å². The predicted molar refractivity (Wildman–Crippen MR) is 85.6 cm³/mol. The van der Waals surface area contributed by atoms with Crippen molar-refractivity contribution in [1.82, 2.24) is 14.9 Å². The first kappa shape index (κ1) is 14.8. The molecule has 1 atom stereocenters. The molecule has 22 heavy (non-hydrogen) atoms. The highest BCUT2D eigenvalue weighted by atomic mass is 32.1. The van der Waals surface area contributed by atoms with E-state index in [1.807, 2.05) is 40.7 Å². The van der Waals surface area contributed by atoms with E-state index >= 15 is 0 Å². The van der Waals surface area contributed by atoms with Gasteiger partial charge in [-0.05, 0) is 11.4 Å². The van der Waals surface area contributed by atoms with Crippen LogP contribution in [0.15, 0.2) is 29.2 Å². The average molecular weight is 318 g/mol. The molecule has 7 heteroatoms. The first-order valence-electron chi connectivity index (χ1n) is 7.11. The Kier molecular flexibility index (Phi) is 4.24. The second kappa shape index (κ2) is 6.31. The minimum atomic E-state index is -0.0331. The number of amides is 1. The second-order valence-corrected chi connectivity index (χ2v) is 6.18. The maximum Gasteiger partial charge on any atom is 0.254 e. The molecule has 0 aromatic carbocycles. The lowest BCUT2D eigenvalue weighted by atomic mass is 10.3. The average Bonchev–Trinajstić information content (AvgIpc) is 3.18. The van der Waals surface area contributed by atoms with Gasteiger partial charge in [0.05, 0.1) is 24.5 Å². The standard InChI is InChI=1S/C15H18N4O2S/c1-18(2)13-7-16-8-14(17-13)21-12-3-5-19(9-12)15(20)11-4-6-22-10-11/h4,6-8,10,12H,3,5,9H2,1-2H3. The molecule has 2 aromatic rings. The molecule has 3 heterocycles. The highest BCUT2D eigenvalue weighted by Gasteiger charge is 2.28. The quantitative estimate of drug-likeness (QED) is 0.862. The molecule has 0 spiro atoms. The fourth-order valence-corrected chi connectivity index (χ4v) is 2.99. The fraction of sp³-hybridized carbons (Fsp3) is 0.400. The summed E-state index contributed by atoms with van der Waals surface area (Å²) in [5.74, 6) is 1.32. The molecule has 1 aliphatic heterocycles. The zero-order valence-corrected chi connectivity index (χ0v) is 13.4. The van der Waals surface area contributed by atoms with Gasteiger partial charge in [0.25, 0.3) is 5.91 Å². The molecule has 2 aromatic heterocycles. The maximum atomic E-state index is 12.3. The van der Waals surface area contributed by atoms with E-state index in [1.54, 1.807) is 12.4 Å². The number of nitrogens with zero attached hydrogens (tertiary/aromatic N) is 4. The van der Waals surface area contributed by atoms with Crippen molar-refractivity contribution in [2.75, 3.05) is 32.1 Å². The number of ether oxygens (including phenoxy) is 1. The van der Waals surface area contributed by atoms with Gasteiger partial charge in [0.1, 0.15) is 6.10 Å². The van der Waals surface area contributed by atoms with E-state index in [4.69, 9.17) is 4.74 Å². The molecule has 1 unspecified atom stereocenters. The van der Waals surface area contributed by atoms with E-state index in [1.165, 1.54) is 11.3 Å². The molecule has 0 radical (unpaired) electrons. The number of likely N-dealkylation sites (tertiary alicyclic amines) is 1. The third-order valence-electron chi connectivity index (χ3n) is 3.55. The van der Waals surface area contributed by atoms with Crippen molar-refractivity contribution in [2.24, 2.45) is 0 Å². The normalized spacial score (nSPS) is 17.5. The molecule has 0 bridgehead atoms. The Morgan fingerprint density at radius 2 is 2.32 bits per heavy atom. The molecule has 6 nitrogen and oxygen atoms in total. The third-order valence-corrected chi connectivity index (χ3v) is 4.23. The summed E-state index contributed by atoms with van der Waals surface area (Å²) in [6, 6.07) is 1.85. The van der Waals surface area contributed by atoms with Crippen LogP contribution in [0, 0.1) is 0 Å². The lowest BCUT2D eigenvalue weighted by Crippen LogP contribution is -2.30. The zero-order valence-electron chi connectivity index (χ0n) is 12.6. The monoisotopic (exact) mass is 318 g/mol. The van der Waals surface area contributed by atoms with E-state index < -0.39 is 0 Å². The minimum absolute atomic E-state index is 0.0331. The Bertz CT molecular complexity index is 645. The van der Waals surface area contributed by atoms with Crippen LogP contribution in [-0.4, -0.2) is 54.1 Å². The number of carbonyl (C=O) groups excluding carboxylic acids is 1. The minimum Gasteiger partial charge on any atom is -0.471 e. The molecule has 1 fully saturated rings. The van der Waals surface area contributed by atoms with E-state index in [9.17, 15) is 4.79 Å². The predicted octanol–water partition coefficient (Wildman–Crippen LogP) is 1.90. The Morgan fingerprint density at radius 1 is 1.45 bits per heavy atom. The number of hydrogen-bond acceptors (Lipinski definition) is 6. The van der Waals surface area contributed by atoms with Crippen molar-refractivity contribution < 1.29 is 9.53 Å². The molecular formula is C15H18N4O2S. The first-order valence-corrected chi connectivity index (χ1v) is 8.05. The summed E-state index contributed by atoms with van der Waals surface area (Å²) >= 11 is 1.53. The van der Waals surface area contributed by atoms with E-state index in [0.29, 0.717) is 19.0 Å². The van der Waals surface area contributed by atoms with Gasteiger partial charge in [0.15, 0.2) is 5.82 Å². The van der Waals surface area contributed by atoms with Gasteiger partial charge in [0, 0.05) is 32.4 Å². The number of rotatable bonds is 4. The number of thiophene rings is 1. The summed E-state index contributed by atoms with van der Waals surface area (Å²) in [6.07, 6.45) is 4.07. The summed E-state index contributed by atoms with van der Waals surface area (Å²) in [7, 11) is 3.81. The summed E-state index contributed by atoms with van der Waals surface area (Å²) in [5, 5.41) is 3.79. The van der Waals surface area contributed by atoms with Crippen molar-refractivity contribution >= 4 is 23.1 Å². The van der Waals surface area contributed by atoms with Gasteiger partial charge in [0.2, 0.25) is 5.88 Å². The van der Waals surface area contributed by atoms with Gasteiger partial charge in [-0.15, -0.1) is 0 Å². The molecule has 3 rings (SSSR count). The van der Waals surface area contributed by atoms with Crippen molar-refractivity contribution in [2.45, 2.75) is 12.5 Å². The number of anilines is 1. The third kappa shape index (κ3) is 3.19. The van der Waals surface area contributed by atoms with Gasteiger partial charge < -0.3 is 14.5 Å². The molecule has 1 saturated heterocycles. The van der Waals surface area contributed by atoms with Crippen molar-refractivity contribution in [3.05, 3.63) is 34.8 Å². The summed E-state index contributed by atoms with van der Waals surface area (Å²) in [5.41, 5.74) is 0.750. The van der Waals surface area contributed by atoms with Crippen molar-refractivity contribution in [3.63, 3.8) is 0 Å². The molecule has 116 valence electrons. The van der Waals surface area contributed by atoms with Crippen LogP contribution in [0.4, 0.5) is 5.82 Å². The Labute approximate surface area is 133 Å². The smallest absolute Gasteiger partial charge is 0.254 e. The van der Waals surface area contributed by atoms with Crippen LogP contribution in [-0.2, 0) is 0 Å². The Morgan fingerprint density at radius 3 is 3.05 bits per heavy atom. The SMILES string of the molecule is CN(C)c1cncc(OC2CCN(C(=O)c3ccsc3)C2)n1. The van der Waals surface area contributed by atoms with Crippen LogP contribution in [0.2, 0.25) is 0 Å². The molecule has 0 aliphatic carbocycles. The molecule has 1 aliphatic rings. The van der Waals surface area contributed by atoms with Crippen molar-refractivity contribution in [1.29, 1.82) is 0 Å². The van der Waals surface area contributed by atoms with Crippen LogP contribution >= 0.6 is 11.3 Å². The van der Waals surface area contributed by atoms with Crippen LogP contribution in [0.3, 0.4) is 0 Å². The van der Waals surface area contributed by atoms with Crippen molar-refractivity contribution in [3.8, 4) is 5.88 Å². The topological polar surface area (TPSA) is 58.6 Å². The van der Waals surface area contributed by atoms with Crippen LogP contribution in [0.25, 0.3) is 0 Å². The van der Waals surface area contributed by atoms with E-state index in [2.05, 4.69) is 9.97 Å². The summed E-state index contributed by atoms with van der Waals surface area (Å²) in [4.78, 5) is 24.5. The number of carbonyl (C=O) groups is 1. The van der Waals surface area contributed by atoms with Gasteiger partial charge in [-0.1, -0.05) is 0 Å². The molecular weight excluding hydrogens is 300 g/mol. The summed E-state index contributed by atoms with van der Waals surface area (Å²) in [6.45, 7) is 1.29. The largest absolute Gasteiger partial charge is 0.471 e. The Hall–Kier alpha value is -2.15. The van der Waals surface area contributed by atoms with Crippen LogP contribution < -0.4 is 9.64 Å². The molecule has 1 amide bonds. The van der Waals surface area contributed by atoms with E-state index in [0.717, 1.165) is 17.8 Å². The highest BCUT2D eigenvalue weighted by Crippen LogP contribution is 2.20. The second-order valence-electron chi connectivity index (χ2n) is 5.40. The van der Waals surface area contributed by atoms with E-state index in [-0.39, 0.29) is 12.0 Å². The van der Waals surface area contributed by atoms with Gasteiger partial charge >= 0.3 is 0 Å². The number of hydrogen-bond donors (Lipinski definition) is 0. The number of aromatic nitrogens is 2. The summed E-state index contributed by atoms with van der Waals surface area (Å²) < 4.78 is 5.87. The first-order chi connectivity index (χ1) is 10.6. The van der Waals surface area contributed by atoms with Gasteiger partial charge in [-0.25, -0.2) is 0 Å². The molecule has 0 saturated carbocycles. The van der Waals surface area contributed by atoms with Gasteiger partial charge in [-0.3, -0.25) is 9.78 Å².